The number of benzene rings is 1. The fourth-order valence-corrected chi connectivity index (χ4v) is 1.98. The molecule has 0 heterocycles. The zero-order valence-corrected chi connectivity index (χ0v) is 9.00. The molecular weight excluding hydrogens is 192 g/mol. The third kappa shape index (κ3) is 1.82. The molecule has 0 amide bonds. The van der Waals surface area contributed by atoms with Gasteiger partial charge >= 0.3 is 0 Å². The van der Waals surface area contributed by atoms with Crippen LogP contribution < -0.4 is 9.47 Å². The van der Waals surface area contributed by atoms with Crippen LogP contribution in [0.4, 0.5) is 0 Å². The maximum atomic E-state index is 11.3. The highest BCUT2D eigenvalue weighted by Crippen LogP contribution is 2.32. The normalized spacial score (nSPS) is 14.7. The van der Waals surface area contributed by atoms with Gasteiger partial charge < -0.3 is 9.47 Å². The predicted molar refractivity (Wildman–Crippen MR) is 56.6 cm³/mol. The summed E-state index contributed by atoms with van der Waals surface area (Å²) in [6, 6.07) is 3.80. The van der Waals surface area contributed by atoms with E-state index in [-0.39, 0.29) is 5.78 Å². The first-order valence-corrected chi connectivity index (χ1v) is 5.00. The minimum absolute atomic E-state index is 0.290. The zero-order chi connectivity index (χ0) is 10.8. The summed E-state index contributed by atoms with van der Waals surface area (Å²) in [4.78, 5) is 11.3. The Labute approximate surface area is 89.0 Å². The van der Waals surface area contributed by atoms with Gasteiger partial charge in [-0.1, -0.05) is 0 Å². The molecule has 15 heavy (non-hydrogen) atoms. The summed E-state index contributed by atoms with van der Waals surface area (Å²) >= 11 is 0. The van der Waals surface area contributed by atoms with Crippen molar-refractivity contribution in [2.24, 2.45) is 0 Å². The Balaban J connectivity index is 2.49. The van der Waals surface area contributed by atoms with Crippen LogP contribution in [0.2, 0.25) is 0 Å². The quantitative estimate of drug-likeness (QED) is 0.739. The molecular formula is C12H14O3. The molecule has 0 atom stereocenters. The Morgan fingerprint density at radius 3 is 2.60 bits per heavy atom. The molecule has 0 fully saturated rings. The molecule has 2 rings (SSSR count). The predicted octanol–water partition coefficient (Wildman–Crippen LogP) is 1.76. The van der Waals surface area contributed by atoms with E-state index in [0.29, 0.717) is 12.8 Å². The summed E-state index contributed by atoms with van der Waals surface area (Å²) < 4.78 is 10.5. The second-order valence-corrected chi connectivity index (χ2v) is 3.68. The standard InChI is InChI=1S/C12H14O3/c1-14-10-6-8-5-9(13)3-4-11(8)12(7-10)15-2/h6-7H,3-5H2,1-2H3. The number of hydrogen-bond acceptors (Lipinski definition) is 3. The highest BCUT2D eigenvalue weighted by molar-refractivity contribution is 5.84. The largest absolute Gasteiger partial charge is 0.497 e. The van der Waals surface area contributed by atoms with E-state index in [9.17, 15) is 4.79 Å². The van der Waals surface area contributed by atoms with Gasteiger partial charge in [0, 0.05) is 18.9 Å². The van der Waals surface area contributed by atoms with E-state index in [1.54, 1.807) is 14.2 Å². The Morgan fingerprint density at radius 1 is 1.13 bits per heavy atom. The van der Waals surface area contributed by atoms with Crippen LogP contribution in [0.5, 0.6) is 11.5 Å². The zero-order valence-electron chi connectivity index (χ0n) is 9.00. The van der Waals surface area contributed by atoms with Crippen LogP contribution in [0.3, 0.4) is 0 Å². The highest BCUT2D eigenvalue weighted by atomic mass is 16.5. The van der Waals surface area contributed by atoms with E-state index in [4.69, 9.17) is 9.47 Å². The highest BCUT2D eigenvalue weighted by Gasteiger charge is 2.20. The van der Waals surface area contributed by atoms with Crippen LogP contribution in [0.15, 0.2) is 12.1 Å². The molecule has 0 unspecified atom stereocenters. The molecule has 0 N–H and O–H groups in total. The van der Waals surface area contributed by atoms with Crippen molar-refractivity contribution < 1.29 is 14.3 Å². The molecule has 0 saturated carbocycles. The Morgan fingerprint density at radius 2 is 1.93 bits per heavy atom. The molecule has 1 aliphatic rings. The number of fused-ring (bicyclic) bond motifs is 1. The van der Waals surface area contributed by atoms with Crippen molar-refractivity contribution in [2.75, 3.05) is 14.2 Å². The lowest BCUT2D eigenvalue weighted by Gasteiger charge is -2.19. The molecule has 3 nitrogen and oxygen atoms in total. The third-order valence-corrected chi connectivity index (χ3v) is 2.77. The Hall–Kier alpha value is -1.51. The van der Waals surface area contributed by atoms with Crippen molar-refractivity contribution in [2.45, 2.75) is 19.3 Å². The third-order valence-electron chi connectivity index (χ3n) is 2.77. The van der Waals surface area contributed by atoms with Gasteiger partial charge in [-0.15, -0.1) is 0 Å². The Bertz CT molecular complexity index is 396. The van der Waals surface area contributed by atoms with E-state index >= 15 is 0 Å². The van der Waals surface area contributed by atoms with Gasteiger partial charge in [-0.25, -0.2) is 0 Å². The van der Waals surface area contributed by atoms with E-state index in [0.717, 1.165) is 29.0 Å². The molecule has 1 aliphatic carbocycles. The second kappa shape index (κ2) is 3.93. The maximum absolute atomic E-state index is 11.3. The van der Waals surface area contributed by atoms with E-state index in [1.807, 2.05) is 12.1 Å². The molecule has 0 saturated heterocycles. The van der Waals surface area contributed by atoms with Crippen molar-refractivity contribution in [3.8, 4) is 11.5 Å². The summed E-state index contributed by atoms with van der Waals surface area (Å²) in [6.45, 7) is 0. The van der Waals surface area contributed by atoms with Crippen LogP contribution in [-0.2, 0) is 17.6 Å². The first kappa shape index (κ1) is 10.0. The molecule has 0 radical (unpaired) electrons. The molecule has 0 spiro atoms. The summed E-state index contributed by atoms with van der Waals surface area (Å²) in [7, 11) is 3.26. The number of carbonyl (C=O) groups excluding carboxylic acids is 1. The van der Waals surface area contributed by atoms with Gasteiger partial charge in [0.15, 0.2) is 0 Å². The number of methoxy groups -OCH3 is 2. The minimum Gasteiger partial charge on any atom is -0.497 e. The topological polar surface area (TPSA) is 35.5 Å². The number of hydrogen-bond donors (Lipinski definition) is 0. The molecule has 0 bridgehead atoms. The van der Waals surface area contributed by atoms with Crippen molar-refractivity contribution in [1.82, 2.24) is 0 Å². The van der Waals surface area contributed by atoms with Crippen molar-refractivity contribution in [3.63, 3.8) is 0 Å². The van der Waals surface area contributed by atoms with Crippen LogP contribution in [0.1, 0.15) is 17.5 Å². The smallest absolute Gasteiger partial charge is 0.137 e. The maximum Gasteiger partial charge on any atom is 0.137 e. The number of ether oxygens (including phenoxy) is 2. The van der Waals surface area contributed by atoms with E-state index in [1.165, 1.54) is 0 Å². The lowest BCUT2D eigenvalue weighted by molar-refractivity contribution is -0.118. The molecule has 3 heteroatoms. The van der Waals surface area contributed by atoms with Gasteiger partial charge in [0.05, 0.1) is 14.2 Å². The van der Waals surface area contributed by atoms with Crippen LogP contribution >= 0.6 is 0 Å². The van der Waals surface area contributed by atoms with Crippen molar-refractivity contribution >= 4 is 5.78 Å². The van der Waals surface area contributed by atoms with Gasteiger partial charge in [0.1, 0.15) is 17.3 Å². The molecule has 0 aliphatic heterocycles. The van der Waals surface area contributed by atoms with Gasteiger partial charge in [-0.2, -0.15) is 0 Å². The van der Waals surface area contributed by atoms with Crippen LogP contribution in [0, 0.1) is 0 Å². The van der Waals surface area contributed by atoms with E-state index in [2.05, 4.69) is 0 Å². The van der Waals surface area contributed by atoms with Crippen LogP contribution in [0.25, 0.3) is 0 Å². The summed E-state index contributed by atoms with van der Waals surface area (Å²) in [6.07, 6.45) is 1.90. The lowest BCUT2D eigenvalue weighted by atomic mass is 9.90. The number of carbonyl (C=O) groups is 1. The van der Waals surface area contributed by atoms with Crippen LogP contribution in [-0.4, -0.2) is 20.0 Å². The number of Topliss-reactive ketones (excluding diaryl/α,β-unsaturated/α-hetero) is 1. The fraction of sp³-hybridized carbons (Fsp3) is 0.417. The van der Waals surface area contributed by atoms with Gasteiger partial charge in [-0.3, -0.25) is 4.79 Å². The van der Waals surface area contributed by atoms with Gasteiger partial charge in [0.2, 0.25) is 0 Å². The van der Waals surface area contributed by atoms with E-state index < -0.39 is 0 Å². The van der Waals surface area contributed by atoms with Gasteiger partial charge in [-0.05, 0) is 23.6 Å². The Kier molecular flexibility index (Phi) is 2.62. The summed E-state index contributed by atoms with van der Waals surface area (Å²) in [5.41, 5.74) is 2.19. The summed E-state index contributed by atoms with van der Waals surface area (Å²) in [5, 5.41) is 0. The average molecular weight is 206 g/mol. The molecule has 0 aromatic heterocycles. The minimum atomic E-state index is 0.290. The molecule has 80 valence electrons. The number of ketones is 1. The molecule has 1 aromatic rings. The average Bonchev–Trinajstić information content (AvgIpc) is 2.26. The first-order chi connectivity index (χ1) is 7.24. The monoisotopic (exact) mass is 206 g/mol. The first-order valence-electron chi connectivity index (χ1n) is 5.00. The summed E-state index contributed by atoms with van der Waals surface area (Å²) in [5.74, 6) is 1.87. The van der Waals surface area contributed by atoms with Crippen molar-refractivity contribution in [3.05, 3.63) is 23.3 Å². The number of rotatable bonds is 2. The molecule has 1 aromatic carbocycles. The lowest BCUT2D eigenvalue weighted by Crippen LogP contribution is -2.14. The second-order valence-electron chi connectivity index (χ2n) is 3.68. The SMILES string of the molecule is COc1cc2c(c(OC)c1)CCC(=O)C2. The fourth-order valence-electron chi connectivity index (χ4n) is 1.98. The van der Waals surface area contributed by atoms with Gasteiger partial charge in [0.25, 0.3) is 0 Å². The van der Waals surface area contributed by atoms with Crippen molar-refractivity contribution in [1.29, 1.82) is 0 Å².